The summed E-state index contributed by atoms with van der Waals surface area (Å²) in [4.78, 5) is 23.6. The van der Waals surface area contributed by atoms with Gasteiger partial charge in [-0.3, -0.25) is 0 Å². The highest BCUT2D eigenvalue weighted by atomic mass is 16.5. The van der Waals surface area contributed by atoms with Crippen LogP contribution in [0.15, 0.2) is 42.5 Å². The number of hydrogen-bond donors (Lipinski definition) is 2. The van der Waals surface area contributed by atoms with Crippen LogP contribution < -0.4 is 5.32 Å². The number of hydrogen-bond acceptors (Lipinski definition) is 4. The van der Waals surface area contributed by atoms with E-state index in [9.17, 15) is 14.7 Å². The van der Waals surface area contributed by atoms with Gasteiger partial charge in [-0.1, -0.05) is 24.3 Å². The Morgan fingerprint density at radius 2 is 1.82 bits per heavy atom. The van der Waals surface area contributed by atoms with Gasteiger partial charge in [-0.2, -0.15) is 0 Å². The molecule has 2 aliphatic carbocycles. The standard InChI is InChI=1S/C23H23NO4/c1-28-23(27)13-7-5-12(6-8-13)20-19-15-10-9-14(11-15)18(19)16-3-2-4-17(22(25)26)21(16)24-20/h2-8,14-15,18-20,24H,9-11H2,1H3,(H,25,26)/t14-,15+,18-,19+,20-/m1/s1. The first-order valence-corrected chi connectivity index (χ1v) is 9.89. The molecule has 1 heterocycles. The zero-order valence-corrected chi connectivity index (χ0v) is 15.7. The molecule has 0 radical (unpaired) electrons. The van der Waals surface area contributed by atoms with Gasteiger partial charge in [0.25, 0.3) is 0 Å². The van der Waals surface area contributed by atoms with E-state index in [2.05, 4.69) is 11.4 Å². The van der Waals surface area contributed by atoms with Crippen molar-refractivity contribution >= 4 is 17.6 Å². The first-order valence-electron chi connectivity index (χ1n) is 9.89. The number of carbonyl (C=O) groups is 2. The van der Waals surface area contributed by atoms with E-state index in [0.717, 1.165) is 11.3 Å². The van der Waals surface area contributed by atoms with E-state index in [1.165, 1.54) is 31.9 Å². The van der Waals surface area contributed by atoms with Crippen LogP contribution in [0, 0.1) is 17.8 Å². The van der Waals surface area contributed by atoms with Gasteiger partial charge >= 0.3 is 11.9 Å². The lowest BCUT2D eigenvalue weighted by Crippen LogP contribution is -2.36. The molecule has 5 nitrogen and oxygen atoms in total. The zero-order chi connectivity index (χ0) is 19.4. The summed E-state index contributed by atoms with van der Waals surface area (Å²) in [6.07, 6.45) is 3.71. The largest absolute Gasteiger partial charge is 0.478 e. The highest BCUT2D eigenvalue weighted by Crippen LogP contribution is 2.63. The van der Waals surface area contributed by atoms with Crippen molar-refractivity contribution in [1.29, 1.82) is 0 Å². The van der Waals surface area contributed by atoms with E-state index in [-0.39, 0.29) is 12.0 Å². The minimum Gasteiger partial charge on any atom is -0.478 e. The summed E-state index contributed by atoms with van der Waals surface area (Å²) in [7, 11) is 1.38. The number of carbonyl (C=O) groups excluding carboxylic acids is 1. The van der Waals surface area contributed by atoms with Crippen LogP contribution in [-0.2, 0) is 4.74 Å². The first kappa shape index (κ1) is 17.3. The van der Waals surface area contributed by atoms with Crippen molar-refractivity contribution in [3.63, 3.8) is 0 Å². The molecule has 0 saturated heterocycles. The number of benzene rings is 2. The molecule has 2 aromatic rings. The molecule has 3 aliphatic rings. The summed E-state index contributed by atoms with van der Waals surface area (Å²) in [6, 6.07) is 13.2. The molecule has 0 unspecified atom stereocenters. The van der Waals surface area contributed by atoms with Crippen molar-refractivity contribution in [2.24, 2.45) is 17.8 Å². The van der Waals surface area contributed by atoms with Crippen LogP contribution in [0.3, 0.4) is 0 Å². The number of anilines is 1. The maximum Gasteiger partial charge on any atom is 0.337 e. The molecule has 2 aromatic carbocycles. The fourth-order valence-electron chi connectivity index (χ4n) is 5.97. The van der Waals surface area contributed by atoms with E-state index < -0.39 is 5.97 Å². The third-order valence-corrected chi connectivity index (χ3v) is 7.04. The molecular weight excluding hydrogens is 354 g/mol. The Morgan fingerprint density at radius 3 is 2.54 bits per heavy atom. The number of fused-ring (bicyclic) bond motifs is 7. The average Bonchev–Trinajstić information content (AvgIpc) is 3.35. The lowest BCUT2D eigenvalue weighted by molar-refractivity contribution is 0.0599. The minimum atomic E-state index is -0.897. The Morgan fingerprint density at radius 1 is 1.07 bits per heavy atom. The van der Waals surface area contributed by atoms with Crippen LogP contribution in [-0.4, -0.2) is 24.2 Å². The SMILES string of the molecule is COC(=O)c1ccc([C@H]2Nc3c(C(=O)O)cccc3[C@H]3[C@@H]4CC[C@@H](C4)[C@@H]32)cc1. The molecule has 144 valence electrons. The summed E-state index contributed by atoms with van der Waals surface area (Å²) in [5, 5.41) is 13.3. The molecule has 28 heavy (non-hydrogen) atoms. The zero-order valence-electron chi connectivity index (χ0n) is 15.7. The van der Waals surface area contributed by atoms with Crippen LogP contribution >= 0.6 is 0 Å². The number of esters is 1. The van der Waals surface area contributed by atoms with Gasteiger partial charge in [-0.25, -0.2) is 9.59 Å². The molecule has 0 amide bonds. The number of ether oxygens (including phenoxy) is 1. The summed E-state index contributed by atoms with van der Waals surface area (Å²) in [6.45, 7) is 0. The van der Waals surface area contributed by atoms with E-state index in [4.69, 9.17) is 4.74 Å². The molecule has 5 rings (SSSR count). The van der Waals surface area contributed by atoms with Gasteiger partial charge in [0.05, 0.1) is 30.0 Å². The Hall–Kier alpha value is -2.82. The molecule has 2 bridgehead atoms. The predicted molar refractivity (Wildman–Crippen MR) is 105 cm³/mol. The summed E-state index contributed by atoms with van der Waals surface area (Å²) < 4.78 is 4.80. The number of rotatable bonds is 3. The molecule has 2 saturated carbocycles. The second kappa shape index (κ2) is 6.36. The molecule has 1 aliphatic heterocycles. The van der Waals surface area contributed by atoms with Crippen LogP contribution in [0.1, 0.15) is 63.1 Å². The summed E-state index contributed by atoms with van der Waals surface area (Å²) >= 11 is 0. The summed E-state index contributed by atoms with van der Waals surface area (Å²) in [5.74, 6) is 0.912. The average molecular weight is 377 g/mol. The molecule has 5 atom stereocenters. The predicted octanol–water partition coefficient (Wildman–Crippen LogP) is 4.47. The maximum atomic E-state index is 11.8. The van der Waals surface area contributed by atoms with E-state index in [1.54, 1.807) is 18.2 Å². The second-order valence-electron chi connectivity index (χ2n) is 8.25. The van der Waals surface area contributed by atoms with Crippen molar-refractivity contribution in [2.45, 2.75) is 31.2 Å². The third-order valence-electron chi connectivity index (χ3n) is 7.04. The van der Waals surface area contributed by atoms with Gasteiger partial charge in [-0.05, 0) is 72.3 Å². The molecule has 0 spiro atoms. The highest BCUT2D eigenvalue weighted by Gasteiger charge is 2.54. The molecular formula is C23H23NO4. The quantitative estimate of drug-likeness (QED) is 0.772. The van der Waals surface area contributed by atoms with Crippen molar-refractivity contribution in [3.05, 3.63) is 64.7 Å². The fourth-order valence-corrected chi connectivity index (χ4v) is 5.97. The Labute approximate surface area is 163 Å². The maximum absolute atomic E-state index is 11.8. The van der Waals surface area contributed by atoms with Crippen LogP contribution in [0.2, 0.25) is 0 Å². The van der Waals surface area contributed by atoms with Crippen LogP contribution in [0.25, 0.3) is 0 Å². The van der Waals surface area contributed by atoms with E-state index >= 15 is 0 Å². The lowest BCUT2D eigenvalue weighted by atomic mass is 9.67. The van der Waals surface area contributed by atoms with Crippen LogP contribution in [0.4, 0.5) is 5.69 Å². The molecule has 2 fully saturated rings. The smallest absolute Gasteiger partial charge is 0.337 e. The van der Waals surface area contributed by atoms with E-state index in [1.807, 2.05) is 18.2 Å². The van der Waals surface area contributed by atoms with Crippen LogP contribution in [0.5, 0.6) is 0 Å². The molecule has 5 heteroatoms. The Bertz CT molecular complexity index is 952. The van der Waals surface area contributed by atoms with Crippen molar-refractivity contribution in [2.75, 3.05) is 12.4 Å². The number of carboxylic acids is 1. The second-order valence-corrected chi connectivity index (χ2v) is 8.25. The van der Waals surface area contributed by atoms with Gasteiger partial charge in [0.15, 0.2) is 0 Å². The third kappa shape index (κ3) is 2.45. The Balaban J connectivity index is 1.59. The van der Waals surface area contributed by atoms with Gasteiger partial charge in [0.1, 0.15) is 0 Å². The minimum absolute atomic E-state index is 0.0556. The molecule has 0 aromatic heterocycles. The number of aromatic carboxylic acids is 1. The monoisotopic (exact) mass is 377 g/mol. The fraction of sp³-hybridized carbons (Fsp3) is 0.391. The van der Waals surface area contributed by atoms with Gasteiger partial charge in [-0.15, -0.1) is 0 Å². The normalized spacial score (nSPS) is 29.5. The van der Waals surface area contributed by atoms with Crippen molar-refractivity contribution < 1.29 is 19.4 Å². The number of carboxylic acid groups (broad SMARTS) is 1. The molecule has 2 N–H and O–H groups in total. The highest BCUT2D eigenvalue weighted by molar-refractivity contribution is 5.95. The van der Waals surface area contributed by atoms with Gasteiger partial charge < -0.3 is 15.2 Å². The lowest BCUT2D eigenvalue weighted by Gasteiger charge is -2.44. The van der Waals surface area contributed by atoms with Crippen molar-refractivity contribution in [3.8, 4) is 0 Å². The van der Waals surface area contributed by atoms with Gasteiger partial charge in [0.2, 0.25) is 0 Å². The number of para-hydroxylation sites is 1. The first-order chi connectivity index (χ1) is 13.6. The Kier molecular flexibility index (Phi) is 3.93. The van der Waals surface area contributed by atoms with Gasteiger partial charge in [0, 0.05) is 0 Å². The topological polar surface area (TPSA) is 75.6 Å². The number of nitrogens with one attached hydrogen (secondary N) is 1. The number of methoxy groups -OCH3 is 1. The summed E-state index contributed by atoms with van der Waals surface area (Å²) in [5.41, 5.74) is 3.90. The van der Waals surface area contributed by atoms with E-state index in [0.29, 0.717) is 34.8 Å². The van der Waals surface area contributed by atoms with Crippen molar-refractivity contribution in [1.82, 2.24) is 0 Å².